The predicted octanol–water partition coefficient (Wildman–Crippen LogP) is 2.34. The number of nitrogens with one attached hydrogen (secondary N) is 1. The highest BCUT2D eigenvalue weighted by Crippen LogP contribution is 2.18. The summed E-state index contributed by atoms with van der Waals surface area (Å²) in [7, 11) is 3.97. The van der Waals surface area contributed by atoms with E-state index in [1.54, 1.807) is 23.5 Å². The molecule has 1 amide bonds. The van der Waals surface area contributed by atoms with E-state index in [0.29, 0.717) is 25.4 Å². The van der Waals surface area contributed by atoms with Gasteiger partial charge >= 0.3 is 0 Å². The van der Waals surface area contributed by atoms with Crippen molar-refractivity contribution in [3.05, 3.63) is 35.2 Å². The summed E-state index contributed by atoms with van der Waals surface area (Å²) < 4.78 is 5.22. The van der Waals surface area contributed by atoms with Crippen molar-refractivity contribution in [2.45, 2.75) is 13.5 Å². The van der Waals surface area contributed by atoms with E-state index >= 15 is 0 Å². The molecule has 0 aromatic carbocycles. The molecular formula is C18H27IN6O2S. The van der Waals surface area contributed by atoms with Crippen LogP contribution in [0.5, 0.6) is 0 Å². The predicted molar refractivity (Wildman–Crippen MR) is 123 cm³/mol. The summed E-state index contributed by atoms with van der Waals surface area (Å²) in [6.07, 6.45) is 1.53. The highest BCUT2D eigenvalue weighted by molar-refractivity contribution is 14.0. The van der Waals surface area contributed by atoms with Crippen LogP contribution in [0.2, 0.25) is 0 Å². The van der Waals surface area contributed by atoms with Crippen LogP contribution in [0.3, 0.4) is 0 Å². The van der Waals surface area contributed by atoms with Gasteiger partial charge in [0, 0.05) is 52.2 Å². The second-order valence-electron chi connectivity index (χ2n) is 6.44. The number of aliphatic imine (C=N–C) groups is 1. The first-order chi connectivity index (χ1) is 13.1. The number of amides is 1. The molecule has 3 heterocycles. The van der Waals surface area contributed by atoms with E-state index in [9.17, 15) is 4.79 Å². The first-order valence-corrected chi connectivity index (χ1v) is 9.94. The van der Waals surface area contributed by atoms with E-state index in [4.69, 9.17) is 9.41 Å². The van der Waals surface area contributed by atoms with Gasteiger partial charge in [0.1, 0.15) is 0 Å². The third-order valence-corrected chi connectivity index (χ3v) is 5.30. The highest BCUT2D eigenvalue weighted by atomic mass is 127. The number of halogens is 1. The molecule has 1 aliphatic rings. The third-order valence-electron chi connectivity index (χ3n) is 4.25. The SMILES string of the molecule is CCNC(=NCc1csc(N(C)C)n1)N1CCN(C(=O)c2ccco2)CC1.I. The summed E-state index contributed by atoms with van der Waals surface area (Å²) in [6, 6.07) is 3.44. The van der Waals surface area contributed by atoms with Crippen molar-refractivity contribution in [1.29, 1.82) is 0 Å². The van der Waals surface area contributed by atoms with Crippen molar-refractivity contribution in [2.24, 2.45) is 4.99 Å². The fraction of sp³-hybridized carbons (Fsp3) is 0.500. The molecule has 154 valence electrons. The van der Waals surface area contributed by atoms with Gasteiger partial charge in [-0.3, -0.25) is 4.79 Å². The van der Waals surface area contributed by atoms with Crippen LogP contribution in [0, 0.1) is 0 Å². The molecule has 3 rings (SSSR count). The molecular weight excluding hydrogens is 491 g/mol. The molecule has 0 spiro atoms. The number of piperazine rings is 1. The van der Waals surface area contributed by atoms with Gasteiger partial charge in [-0.25, -0.2) is 9.98 Å². The zero-order valence-electron chi connectivity index (χ0n) is 16.4. The zero-order valence-corrected chi connectivity index (χ0v) is 19.6. The smallest absolute Gasteiger partial charge is 0.289 e. The maximum atomic E-state index is 12.4. The third kappa shape index (κ3) is 5.60. The summed E-state index contributed by atoms with van der Waals surface area (Å²) in [5, 5.41) is 6.37. The van der Waals surface area contributed by atoms with Gasteiger partial charge in [-0.2, -0.15) is 0 Å². The summed E-state index contributed by atoms with van der Waals surface area (Å²) in [5.41, 5.74) is 0.964. The molecule has 0 atom stereocenters. The molecule has 0 radical (unpaired) electrons. The Bertz CT molecular complexity index is 769. The van der Waals surface area contributed by atoms with Crippen LogP contribution in [0.25, 0.3) is 0 Å². The van der Waals surface area contributed by atoms with Crippen LogP contribution >= 0.6 is 35.3 Å². The van der Waals surface area contributed by atoms with Gasteiger partial charge < -0.3 is 24.4 Å². The molecule has 1 aliphatic heterocycles. The lowest BCUT2D eigenvalue weighted by molar-refractivity contribution is 0.0657. The number of nitrogens with zero attached hydrogens (tertiary/aromatic N) is 5. The number of aromatic nitrogens is 1. The average molecular weight is 518 g/mol. The lowest BCUT2D eigenvalue weighted by atomic mass is 10.3. The molecule has 1 saturated heterocycles. The number of furan rings is 1. The Morgan fingerprint density at radius 1 is 1.32 bits per heavy atom. The van der Waals surface area contributed by atoms with Gasteiger partial charge in [-0.05, 0) is 19.1 Å². The van der Waals surface area contributed by atoms with Crippen molar-refractivity contribution < 1.29 is 9.21 Å². The Hall–Kier alpha value is -1.82. The normalized spacial score (nSPS) is 14.6. The Kier molecular flexibility index (Phi) is 8.55. The minimum Gasteiger partial charge on any atom is -0.459 e. The van der Waals surface area contributed by atoms with Crippen LogP contribution in [0.1, 0.15) is 23.2 Å². The lowest BCUT2D eigenvalue weighted by Gasteiger charge is -2.36. The van der Waals surface area contributed by atoms with Crippen LogP contribution in [-0.2, 0) is 6.54 Å². The number of rotatable bonds is 5. The Morgan fingerprint density at radius 2 is 2.04 bits per heavy atom. The molecule has 0 aliphatic carbocycles. The topological polar surface area (TPSA) is 77.2 Å². The number of anilines is 1. The standard InChI is InChI=1S/C18H26N6O2S.HI/c1-4-19-17(20-12-14-13-27-18(21-14)22(2)3)24-9-7-23(8-10-24)16(25)15-6-5-11-26-15;/h5-6,11,13H,4,7-10,12H2,1-3H3,(H,19,20);1H. The maximum Gasteiger partial charge on any atom is 0.289 e. The van der Waals surface area contributed by atoms with E-state index in [1.165, 1.54) is 6.26 Å². The summed E-state index contributed by atoms with van der Waals surface area (Å²) in [6.45, 7) is 6.15. The summed E-state index contributed by atoms with van der Waals surface area (Å²) in [5.74, 6) is 1.20. The van der Waals surface area contributed by atoms with E-state index in [0.717, 1.165) is 36.4 Å². The number of hydrogen-bond acceptors (Lipinski definition) is 6. The Morgan fingerprint density at radius 3 is 2.61 bits per heavy atom. The molecule has 1 fully saturated rings. The second kappa shape index (κ2) is 10.6. The molecule has 0 saturated carbocycles. The van der Waals surface area contributed by atoms with E-state index in [-0.39, 0.29) is 29.9 Å². The minimum atomic E-state index is -0.0553. The zero-order chi connectivity index (χ0) is 19.2. The molecule has 2 aromatic rings. The monoisotopic (exact) mass is 518 g/mol. The minimum absolute atomic E-state index is 0. The van der Waals surface area contributed by atoms with Crippen molar-refractivity contribution in [3.63, 3.8) is 0 Å². The molecule has 10 heteroatoms. The fourth-order valence-corrected chi connectivity index (χ4v) is 3.58. The highest BCUT2D eigenvalue weighted by Gasteiger charge is 2.25. The quantitative estimate of drug-likeness (QED) is 0.372. The maximum absolute atomic E-state index is 12.4. The largest absolute Gasteiger partial charge is 0.459 e. The van der Waals surface area contributed by atoms with Gasteiger partial charge in [-0.15, -0.1) is 35.3 Å². The Labute approximate surface area is 186 Å². The number of carbonyl (C=O) groups excluding carboxylic acids is 1. The summed E-state index contributed by atoms with van der Waals surface area (Å²) >= 11 is 1.62. The molecule has 0 bridgehead atoms. The van der Waals surface area contributed by atoms with Crippen molar-refractivity contribution in [2.75, 3.05) is 51.7 Å². The van der Waals surface area contributed by atoms with E-state index in [2.05, 4.69) is 22.1 Å². The number of guanidine groups is 1. The second-order valence-corrected chi connectivity index (χ2v) is 7.28. The van der Waals surface area contributed by atoms with Crippen molar-refractivity contribution in [3.8, 4) is 0 Å². The number of carbonyl (C=O) groups is 1. The fourth-order valence-electron chi connectivity index (χ4n) is 2.83. The molecule has 0 unspecified atom stereocenters. The number of thiazole rings is 1. The molecule has 2 aromatic heterocycles. The van der Waals surface area contributed by atoms with Crippen LogP contribution in [0.15, 0.2) is 33.2 Å². The number of hydrogen-bond donors (Lipinski definition) is 1. The Balaban J connectivity index is 0.00000280. The van der Waals surface area contributed by atoms with Crippen LogP contribution in [0.4, 0.5) is 5.13 Å². The van der Waals surface area contributed by atoms with Gasteiger partial charge in [0.2, 0.25) is 0 Å². The molecule has 8 nitrogen and oxygen atoms in total. The van der Waals surface area contributed by atoms with Crippen LogP contribution < -0.4 is 10.2 Å². The summed E-state index contributed by atoms with van der Waals surface area (Å²) in [4.78, 5) is 27.7. The van der Waals surface area contributed by atoms with Gasteiger partial charge in [0.05, 0.1) is 18.5 Å². The lowest BCUT2D eigenvalue weighted by Crippen LogP contribution is -2.53. The van der Waals surface area contributed by atoms with Gasteiger partial charge in [-0.1, -0.05) is 0 Å². The van der Waals surface area contributed by atoms with E-state index in [1.807, 2.05) is 29.3 Å². The first kappa shape index (κ1) is 22.5. The van der Waals surface area contributed by atoms with E-state index < -0.39 is 0 Å². The van der Waals surface area contributed by atoms with Gasteiger partial charge in [0.15, 0.2) is 16.9 Å². The van der Waals surface area contributed by atoms with Crippen molar-refractivity contribution >= 4 is 52.3 Å². The molecule has 1 N–H and O–H groups in total. The van der Waals surface area contributed by atoms with Crippen molar-refractivity contribution in [1.82, 2.24) is 20.1 Å². The first-order valence-electron chi connectivity index (χ1n) is 9.06. The van der Waals surface area contributed by atoms with Gasteiger partial charge in [0.25, 0.3) is 5.91 Å². The average Bonchev–Trinajstić information content (AvgIpc) is 3.36. The molecule has 28 heavy (non-hydrogen) atoms. The van der Waals surface area contributed by atoms with Crippen LogP contribution in [-0.4, -0.2) is 73.5 Å².